The van der Waals surface area contributed by atoms with E-state index >= 15 is 0 Å². The van der Waals surface area contributed by atoms with Gasteiger partial charge in [-0.05, 0) is 67.5 Å². The van der Waals surface area contributed by atoms with E-state index in [9.17, 15) is 5.53 Å². The average Bonchev–Trinajstić information content (AvgIpc) is 3.36. The summed E-state index contributed by atoms with van der Waals surface area (Å²) in [7, 11) is 0. The second kappa shape index (κ2) is 27.4. The molecule has 0 radical (unpaired) electrons. The third kappa shape index (κ3) is 16.4. The number of rotatable bonds is 18. The monoisotopic (exact) mass is 692 g/mol. The second-order valence-electron chi connectivity index (χ2n) is 11.2. The van der Waals surface area contributed by atoms with Gasteiger partial charge in [-0.3, -0.25) is 0 Å². The number of hydrogen-bond acceptors (Lipinski definition) is 0. The van der Waals surface area contributed by atoms with Crippen LogP contribution in [0.15, 0.2) is 60.2 Å². The Hall–Kier alpha value is -1.90. The van der Waals surface area contributed by atoms with Crippen LogP contribution in [0, 0.1) is 0 Å². The van der Waals surface area contributed by atoms with Crippen LogP contribution in [0.25, 0.3) is 27.6 Å². The number of aryl methyl sites for hydroxylation is 2. The summed E-state index contributed by atoms with van der Waals surface area (Å²) < 4.78 is 1.44. The number of benzene rings is 2. The van der Waals surface area contributed by atoms with Crippen molar-refractivity contribution in [3.05, 3.63) is 98.6 Å². The molecule has 1 heterocycles. The molecule has 1 aliphatic rings. The molecule has 2 aromatic carbocycles. The third-order valence-electron chi connectivity index (χ3n) is 7.65. The van der Waals surface area contributed by atoms with E-state index in [1.165, 1.54) is 72.8 Å². The Morgan fingerprint density at radius 1 is 0.591 bits per heavy atom. The fourth-order valence-corrected chi connectivity index (χ4v) is 5.20. The van der Waals surface area contributed by atoms with Gasteiger partial charge >= 0.3 is 20.4 Å². The molecule has 0 amide bonds. The molecule has 4 nitrogen and oxygen atoms in total. The van der Waals surface area contributed by atoms with Crippen LogP contribution in [0.1, 0.15) is 135 Å². The van der Waals surface area contributed by atoms with E-state index in [1.807, 2.05) is 27.7 Å². The average molecular weight is 693 g/mol. The molecule has 0 aliphatic carbocycles. The standard InChI is InChI=1S/C31H42N2.2C4H10N.Pd/c1-4-7-9-10-11-13-16-26-18-15-21-28(23-26)31-29(19-12-8-5-2)24-30(33(31)32)27-20-14-17-25(6-3)22-27;2*1-3-5-4-2;/h14-15,17-18,20-24H,4-13,16,19H2,1-3H3;2*3-4H2,1-2H3;/q;2*-1;+2. The van der Waals surface area contributed by atoms with Crippen LogP contribution in [-0.2, 0) is 33.3 Å². The van der Waals surface area contributed by atoms with Crippen LogP contribution in [0.3, 0.4) is 0 Å². The first kappa shape index (κ1) is 42.1. The summed E-state index contributed by atoms with van der Waals surface area (Å²) in [6, 6.07) is 17.4. The van der Waals surface area contributed by atoms with Gasteiger partial charge in [-0.25, -0.2) is 4.70 Å². The minimum Gasteiger partial charge on any atom is -0.663 e. The molecule has 0 N–H and O–H groups in total. The van der Waals surface area contributed by atoms with E-state index < -0.39 is 0 Å². The molecule has 44 heavy (non-hydrogen) atoms. The summed E-state index contributed by atoms with van der Waals surface area (Å²) in [5.74, 6) is 0. The van der Waals surface area contributed by atoms with E-state index in [-0.39, 0.29) is 20.4 Å². The first-order valence-electron chi connectivity index (χ1n) is 17.4. The zero-order valence-electron chi connectivity index (χ0n) is 29.1. The van der Waals surface area contributed by atoms with Crippen molar-refractivity contribution in [1.82, 2.24) is 0 Å². The summed E-state index contributed by atoms with van der Waals surface area (Å²) in [6.07, 6.45) is 16.8. The maximum Gasteiger partial charge on any atom is 2.00 e. The van der Waals surface area contributed by atoms with Gasteiger partial charge in [0.05, 0.1) is 0 Å². The number of nitrogens with zero attached hydrogens (tertiary/aromatic N) is 4. The van der Waals surface area contributed by atoms with Crippen molar-refractivity contribution < 1.29 is 25.1 Å². The molecular weight excluding hydrogens is 631 g/mol. The van der Waals surface area contributed by atoms with E-state index in [0.717, 1.165) is 74.4 Å². The van der Waals surface area contributed by atoms with Crippen molar-refractivity contribution in [3.63, 3.8) is 0 Å². The summed E-state index contributed by atoms with van der Waals surface area (Å²) in [4.78, 5) is 0. The van der Waals surface area contributed by atoms with Gasteiger partial charge in [0.15, 0.2) is 0 Å². The molecule has 0 unspecified atom stereocenters. The van der Waals surface area contributed by atoms with Gasteiger partial charge in [0.1, 0.15) is 0 Å². The Labute approximate surface area is 285 Å². The Bertz CT molecular complexity index is 1080. The molecule has 0 saturated carbocycles. The quantitative estimate of drug-likeness (QED) is 0.0848. The van der Waals surface area contributed by atoms with Crippen molar-refractivity contribution in [2.75, 3.05) is 26.2 Å². The SMILES string of the molecule is CCCCCCCCc1cccc(C2=C(CCCCC)C=C(c3cccc(CC)c3)[N+]2=[N-])c1.CC[N-]CC.CC[N-]CC.[Pd+2]. The van der Waals surface area contributed by atoms with E-state index in [1.54, 1.807) is 0 Å². The smallest absolute Gasteiger partial charge is 0.663 e. The van der Waals surface area contributed by atoms with Crippen molar-refractivity contribution in [2.45, 2.75) is 126 Å². The zero-order chi connectivity index (χ0) is 31.7. The summed E-state index contributed by atoms with van der Waals surface area (Å²) in [6.45, 7) is 18.7. The maximum absolute atomic E-state index is 11.3. The molecule has 1 aliphatic heterocycles. The predicted octanol–water partition coefficient (Wildman–Crippen LogP) is 12.3. The van der Waals surface area contributed by atoms with Crippen LogP contribution >= 0.6 is 0 Å². The minimum absolute atomic E-state index is 0. The van der Waals surface area contributed by atoms with Gasteiger partial charge in [-0.15, -0.1) is 0 Å². The van der Waals surface area contributed by atoms with Crippen LogP contribution in [0.4, 0.5) is 0 Å². The molecule has 0 atom stereocenters. The number of hydrogen-bond donors (Lipinski definition) is 0. The van der Waals surface area contributed by atoms with Crippen LogP contribution in [-0.4, -0.2) is 30.9 Å². The number of unbranched alkanes of at least 4 members (excludes halogenated alkanes) is 7. The van der Waals surface area contributed by atoms with Crippen molar-refractivity contribution >= 4 is 11.4 Å². The second-order valence-corrected chi connectivity index (χ2v) is 11.2. The molecule has 0 bridgehead atoms. The topological polar surface area (TPSA) is 53.5 Å². The molecule has 5 heteroatoms. The van der Waals surface area contributed by atoms with Gasteiger partial charge in [0, 0.05) is 22.8 Å². The summed E-state index contributed by atoms with van der Waals surface area (Å²) in [5.41, 5.74) is 19.3. The van der Waals surface area contributed by atoms with Gasteiger partial charge in [0.2, 0.25) is 11.4 Å². The van der Waals surface area contributed by atoms with Gasteiger partial charge in [-0.1, -0.05) is 118 Å². The molecule has 0 spiro atoms. The molecular formula is C39H62N4Pd. The first-order chi connectivity index (χ1) is 21.0. The van der Waals surface area contributed by atoms with E-state index in [2.05, 4.69) is 86.0 Å². The fourth-order valence-electron chi connectivity index (χ4n) is 5.20. The Kier molecular flexibility index (Phi) is 26.2. The van der Waals surface area contributed by atoms with Gasteiger partial charge < -0.3 is 16.2 Å². The van der Waals surface area contributed by atoms with E-state index in [0.29, 0.717) is 0 Å². The minimum atomic E-state index is 0. The first-order valence-corrected chi connectivity index (χ1v) is 17.4. The normalized spacial score (nSPS) is 12.2. The summed E-state index contributed by atoms with van der Waals surface area (Å²) >= 11 is 0. The molecule has 2 aromatic rings. The fraction of sp³-hybridized carbons (Fsp3) is 0.590. The Morgan fingerprint density at radius 2 is 1.09 bits per heavy atom. The third-order valence-corrected chi connectivity index (χ3v) is 7.65. The molecule has 3 rings (SSSR count). The Morgan fingerprint density at radius 3 is 1.66 bits per heavy atom. The maximum atomic E-state index is 11.3. The van der Waals surface area contributed by atoms with E-state index in [4.69, 9.17) is 0 Å². The van der Waals surface area contributed by atoms with Crippen molar-refractivity contribution in [2.24, 2.45) is 0 Å². The van der Waals surface area contributed by atoms with Crippen LogP contribution in [0.5, 0.6) is 0 Å². The number of allylic oxidation sites excluding steroid dienone is 2. The van der Waals surface area contributed by atoms with Crippen molar-refractivity contribution in [1.29, 1.82) is 0 Å². The molecule has 0 saturated heterocycles. The largest absolute Gasteiger partial charge is 2.00 e. The van der Waals surface area contributed by atoms with Gasteiger partial charge in [0.25, 0.3) is 0 Å². The van der Waals surface area contributed by atoms with Crippen LogP contribution < -0.4 is 0 Å². The summed E-state index contributed by atoms with van der Waals surface area (Å²) in [5, 5.41) is 7.94. The Balaban J connectivity index is 0.00000146. The molecule has 0 aromatic heterocycles. The molecule has 0 fully saturated rings. The zero-order valence-corrected chi connectivity index (χ0v) is 30.7. The molecule has 248 valence electrons. The van der Waals surface area contributed by atoms with Crippen LogP contribution in [0.2, 0.25) is 0 Å². The van der Waals surface area contributed by atoms with Gasteiger partial charge in [-0.2, -0.15) is 26.2 Å². The predicted molar refractivity (Wildman–Crippen MR) is 191 cm³/mol. The van der Waals surface area contributed by atoms with Crippen molar-refractivity contribution in [3.8, 4) is 0 Å².